The van der Waals surface area contributed by atoms with Crippen molar-refractivity contribution >= 4 is 39.9 Å². The van der Waals surface area contributed by atoms with Gasteiger partial charge in [-0.3, -0.25) is 0 Å². The highest BCUT2D eigenvalue weighted by atomic mass is 127. The first-order valence-corrected chi connectivity index (χ1v) is 8.00. The first-order chi connectivity index (χ1) is 9.60. The van der Waals surface area contributed by atoms with Gasteiger partial charge in [0.15, 0.2) is 0 Å². The third-order valence-corrected chi connectivity index (χ3v) is 3.94. The lowest BCUT2D eigenvalue weighted by Gasteiger charge is -2.19. The lowest BCUT2D eigenvalue weighted by atomic mass is 10.1. The number of hydrogen-bond acceptors (Lipinski definition) is 2. The maximum Gasteiger partial charge on any atom is 0.142 e. The zero-order valence-electron chi connectivity index (χ0n) is 11.5. The van der Waals surface area contributed by atoms with Crippen LogP contribution in [0, 0.1) is 3.57 Å². The first-order valence-electron chi connectivity index (χ1n) is 6.54. The molecular weight excluding hydrogens is 385 g/mol. The predicted octanol–water partition coefficient (Wildman–Crippen LogP) is 5.52. The second-order valence-corrected chi connectivity index (χ2v) is 6.17. The molecule has 1 N–H and O–H groups in total. The van der Waals surface area contributed by atoms with Crippen LogP contribution in [0.5, 0.6) is 5.75 Å². The maximum absolute atomic E-state index is 6.07. The average molecular weight is 402 g/mol. The number of hydrogen-bond donors (Lipinski definition) is 1. The monoisotopic (exact) mass is 401 g/mol. The van der Waals surface area contributed by atoms with Gasteiger partial charge in [-0.1, -0.05) is 23.7 Å². The molecule has 1 atom stereocenters. The topological polar surface area (TPSA) is 21.3 Å². The molecule has 0 heterocycles. The van der Waals surface area contributed by atoms with Crippen LogP contribution < -0.4 is 10.1 Å². The van der Waals surface area contributed by atoms with Crippen LogP contribution in [0.25, 0.3) is 0 Å². The van der Waals surface area contributed by atoms with E-state index in [4.69, 9.17) is 16.3 Å². The molecule has 4 heteroatoms. The van der Waals surface area contributed by atoms with Crippen LogP contribution >= 0.6 is 34.2 Å². The van der Waals surface area contributed by atoms with Crippen molar-refractivity contribution in [2.24, 2.45) is 0 Å². The summed E-state index contributed by atoms with van der Waals surface area (Å²) < 4.78 is 6.86. The molecule has 0 aromatic heterocycles. The van der Waals surface area contributed by atoms with Crippen molar-refractivity contribution in [3.63, 3.8) is 0 Å². The fourth-order valence-electron chi connectivity index (χ4n) is 1.96. The van der Waals surface area contributed by atoms with E-state index in [1.807, 2.05) is 25.1 Å². The zero-order valence-corrected chi connectivity index (χ0v) is 14.4. The van der Waals surface area contributed by atoms with E-state index in [9.17, 15) is 0 Å². The van der Waals surface area contributed by atoms with Crippen LogP contribution in [0.4, 0.5) is 5.69 Å². The molecule has 0 bridgehead atoms. The summed E-state index contributed by atoms with van der Waals surface area (Å²) in [5.41, 5.74) is 2.15. The van der Waals surface area contributed by atoms with E-state index in [0.29, 0.717) is 11.6 Å². The van der Waals surface area contributed by atoms with Crippen LogP contribution in [0.1, 0.15) is 25.5 Å². The van der Waals surface area contributed by atoms with Gasteiger partial charge in [0.05, 0.1) is 12.3 Å². The van der Waals surface area contributed by atoms with E-state index in [0.717, 1.165) is 11.4 Å². The number of anilines is 1. The highest BCUT2D eigenvalue weighted by molar-refractivity contribution is 14.1. The molecule has 20 heavy (non-hydrogen) atoms. The molecule has 2 nitrogen and oxygen atoms in total. The van der Waals surface area contributed by atoms with Gasteiger partial charge in [-0.15, -0.1) is 0 Å². The molecule has 0 aliphatic heterocycles. The predicted molar refractivity (Wildman–Crippen MR) is 93.8 cm³/mol. The number of ether oxygens (including phenoxy) is 1. The highest BCUT2D eigenvalue weighted by Crippen LogP contribution is 2.31. The number of benzene rings is 2. The Morgan fingerprint density at radius 2 is 1.90 bits per heavy atom. The lowest BCUT2D eigenvalue weighted by molar-refractivity contribution is 0.341. The van der Waals surface area contributed by atoms with Gasteiger partial charge in [-0.2, -0.15) is 0 Å². The van der Waals surface area contributed by atoms with Crippen molar-refractivity contribution in [1.29, 1.82) is 0 Å². The smallest absolute Gasteiger partial charge is 0.142 e. The van der Waals surface area contributed by atoms with Crippen LogP contribution in [0.15, 0.2) is 42.5 Å². The summed E-state index contributed by atoms with van der Waals surface area (Å²) in [7, 11) is 0. The van der Waals surface area contributed by atoms with Crippen molar-refractivity contribution in [1.82, 2.24) is 0 Å². The molecule has 2 aromatic carbocycles. The fraction of sp³-hybridized carbons (Fsp3) is 0.250. The van der Waals surface area contributed by atoms with Gasteiger partial charge in [0.25, 0.3) is 0 Å². The highest BCUT2D eigenvalue weighted by Gasteiger charge is 2.10. The summed E-state index contributed by atoms with van der Waals surface area (Å²) in [5.74, 6) is 0.828. The Hall–Kier alpha value is -0.940. The molecule has 1 unspecified atom stereocenters. The van der Waals surface area contributed by atoms with E-state index in [2.05, 4.69) is 59.1 Å². The lowest BCUT2D eigenvalue weighted by Crippen LogP contribution is -2.08. The second-order valence-electron chi connectivity index (χ2n) is 4.49. The van der Waals surface area contributed by atoms with E-state index in [1.54, 1.807) is 0 Å². The largest absolute Gasteiger partial charge is 0.492 e. The van der Waals surface area contributed by atoms with Gasteiger partial charge >= 0.3 is 0 Å². The summed E-state index contributed by atoms with van der Waals surface area (Å²) in [6.45, 7) is 4.73. The van der Waals surface area contributed by atoms with Gasteiger partial charge in [-0.25, -0.2) is 0 Å². The number of nitrogens with one attached hydrogen (secondary N) is 1. The Morgan fingerprint density at radius 1 is 1.20 bits per heavy atom. The molecule has 0 aliphatic carbocycles. The van der Waals surface area contributed by atoms with Crippen molar-refractivity contribution in [3.8, 4) is 5.75 Å². The summed E-state index contributed by atoms with van der Waals surface area (Å²) in [5, 5.41) is 4.16. The molecule has 0 amide bonds. The van der Waals surface area contributed by atoms with Gasteiger partial charge in [-0.05, 0) is 72.3 Å². The van der Waals surface area contributed by atoms with Gasteiger partial charge in [0, 0.05) is 14.6 Å². The van der Waals surface area contributed by atoms with E-state index in [1.165, 1.54) is 9.13 Å². The number of rotatable bonds is 5. The molecular formula is C16H17ClINO. The van der Waals surface area contributed by atoms with E-state index >= 15 is 0 Å². The molecule has 0 spiro atoms. The normalized spacial score (nSPS) is 12.0. The average Bonchev–Trinajstić information content (AvgIpc) is 2.42. The summed E-state index contributed by atoms with van der Waals surface area (Å²) >= 11 is 8.38. The van der Waals surface area contributed by atoms with Crippen molar-refractivity contribution < 1.29 is 4.74 Å². The van der Waals surface area contributed by atoms with Gasteiger partial charge in [0.2, 0.25) is 0 Å². The number of halogens is 2. The Labute approximate surface area is 138 Å². The van der Waals surface area contributed by atoms with E-state index in [-0.39, 0.29) is 6.04 Å². The molecule has 0 saturated heterocycles. The van der Waals surface area contributed by atoms with Crippen LogP contribution in [-0.4, -0.2) is 6.61 Å². The molecule has 0 saturated carbocycles. The molecule has 106 valence electrons. The standard InChI is InChI=1S/C16H17ClINO/c1-3-20-16-9-6-13(17)10-15(16)19-11(2)12-4-7-14(18)8-5-12/h4-11,19H,3H2,1-2H3. The molecule has 0 aliphatic rings. The fourth-order valence-corrected chi connectivity index (χ4v) is 2.50. The van der Waals surface area contributed by atoms with E-state index < -0.39 is 0 Å². The third-order valence-electron chi connectivity index (χ3n) is 2.98. The van der Waals surface area contributed by atoms with Gasteiger partial charge in [0.1, 0.15) is 5.75 Å². The summed E-state index contributed by atoms with van der Waals surface area (Å²) in [4.78, 5) is 0. The third kappa shape index (κ3) is 4.03. The zero-order chi connectivity index (χ0) is 14.5. The quantitative estimate of drug-likeness (QED) is 0.666. The Kier molecular flexibility index (Phi) is 5.54. The van der Waals surface area contributed by atoms with Crippen LogP contribution in [0.2, 0.25) is 5.02 Å². The maximum atomic E-state index is 6.07. The van der Waals surface area contributed by atoms with Crippen molar-refractivity contribution in [2.75, 3.05) is 11.9 Å². The Morgan fingerprint density at radius 3 is 2.55 bits per heavy atom. The summed E-state index contributed by atoms with van der Waals surface area (Å²) in [6, 6.07) is 14.3. The minimum Gasteiger partial charge on any atom is -0.492 e. The molecule has 2 rings (SSSR count). The molecule has 0 radical (unpaired) electrons. The first kappa shape index (κ1) is 15.4. The minimum atomic E-state index is 0.185. The van der Waals surface area contributed by atoms with Crippen molar-refractivity contribution in [3.05, 3.63) is 56.6 Å². The summed E-state index contributed by atoms with van der Waals surface area (Å²) in [6.07, 6.45) is 0. The second kappa shape index (κ2) is 7.18. The Bertz CT molecular complexity index is 571. The Balaban J connectivity index is 2.20. The van der Waals surface area contributed by atoms with Gasteiger partial charge < -0.3 is 10.1 Å². The molecule has 2 aromatic rings. The van der Waals surface area contributed by atoms with Crippen LogP contribution in [0.3, 0.4) is 0 Å². The van der Waals surface area contributed by atoms with Crippen LogP contribution in [-0.2, 0) is 0 Å². The SMILES string of the molecule is CCOc1ccc(Cl)cc1NC(C)c1ccc(I)cc1. The minimum absolute atomic E-state index is 0.185. The molecule has 0 fully saturated rings. The van der Waals surface area contributed by atoms with Crippen molar-refractivity contribution in [2.45, 2.75) is 19.9 Å².